The van der Waals surface area contributed by atoms with Crippen molar-refractivity contribution < 1.29 is 0 Å². The van der Waals surface area contributed by atoms with E-state index in [1.807, 2.05) is 0 Å². The van der Waals surface area contributed by atoms with Gasteiger partial charge >= 0.3 is 0 Å². The second kappa shape index (κ2) is 4.77. The van der Waals surface area contributed by atoms with E-state index in [9.17, 15) is 0 Å². The fraction of sp³-hybridized carbons (Fsp3) is 0.818. The van der Waals surface area contributed by atoms with Gasteiger partial charge < -0.3 is 11.1 Å². The third-order valence-electron chi connectivity index (χ3n) is 3.26. The summed E-state index contributed by atoms with van der Waals surface area (Å²) in [6.45, 7) is 5.17. The molecule has 2 heteroatoms. The van der Waals surface area contributed by atoms with E-state index in [1.165, 1.54) is 12.8 Å². The van der Waals surface area contributed by atoms with Crippen molar-refractivity contribution in [1.82, 2.24) is 5.32 Å². The number of nitrogens with one attached hydrogen (secondary N) is 1. The van der Waals surface area contributed by atoms with Crippen LogP contribution in [0.2, 0.25) is 0 Å². The third kappa shape index (κ3) is 2.55. The van der Waals surface area contributed by atoms with Crippen molar-refractivity contribution in [2.24, 2.45) is 5.73 Å². The van der Waals surface area contributed by atoms with E-state index >= 15 is 0 Å². The van der Waals surface area contributed by atoms with Crippen LogP contribution in [0.4, 0.5) is 0 Å². The van der Waals surface area contributed by atoms with Gasteiger partial charge in [-0.1, -0.05) is 26.0 Å². The molecule has 0 aromatic carbocycles. The molecule has 0 saturated heterocycles. The molecule has 0 unspecified atom stereocenters. The van der Waals surface area contributed by atoms with Gasteiger partial charge in [0, 0.05) is 18.1 Å². The highest BCUT2D eigenvalue weighted by Gasteiger charge is 2.27. The average molecular weight is 182 g/mol. The monoisotopic (exact) mass is 182 g/mol. The maximum atomic E-state index is 5.82. The molecule has 13 heavy (non-hydrogen) atoms. The molecular formula is C11H22N2. The Morgan fingerprint density at radius 2 is 1.85 bits per heavy atom. The zero-order chi connectivity index (χ0) is 9.73. The van der Waals surface area contributed by atoms with Crippen molar-refractivity contribution >= 4 is 0 Å². The summed E-state index contributed by atoms with van der Waals surface area (Å²) in [5.74, 6) is 0. The SMILES string of the molecule is CCC(CC)(CN)NC1CC=CC1. The smallest absolute Gasteiger partial charge is 0.0301 e. The molecule has 2 nitrogen and oxygen atoms in total. The molecule has 0 atom stereocenters. The Bertz CT molecular complexity index is 155. The number of hydrogen-bond acceptors (Lipinski definition) is 2. The van der Waals surface area contributed by atoms with Crippen molar-refractivity contribution in [2.75, 3.05) is 6.54 Å². The maximum absolute atomic E-state index is 5.82. The van der Waals surface area contributed by atoms with Crippen LogP contribution in [0.25, 0.3) is 0 Å². The molecule has 3 N–H and O–H groups in total. The van der Waals surface area contributed by atoms with Crippen LogP contribution in [0.3, 0.4) is 0 Å². The Balaban J connectivity index is 2.45. The fourth-order valence-corrected chi connectivity index (χ4v) is 1.97. The summed E-state index contributed by atoms with van der Waals surface area (Å²) in [6.07, 6.45) is 9.09. The predicted octanol–water partition coefficient (Wildman–Crippen LogP) is 1.81. The van der Waals surface area contributed by atoms with E-state index in [1.54, 1.807) is 0 Å². The van der Waals surface area contributed by atoms with Crippen LogP contribution in [-0.2, 0) is 0 Å². The minimum atomic E-state index is 0.177. The topological polar surface area (TPSA) is 38.0 Å². The first-order valence-electron chi connectivity index (χ1n) is 5.39. The summed E-state index contributed by atoms with van der Waals surface area (Å²) in [4.78, 5) is 0. The third-order valence-corrected chi connectivity index (χ3v) is 3.26. The summed E-state index contributed by atoms with van der Waals surface area (Å²) in [5.41, 5.74) is 6.00. The standard InChI is InChI=1S/C11H22N2/c1-3-11(4-2,9-12)13-10-7-5-6-8-10/h5-6,10,13H,3-4,7-9,12H2,1-2H3. The average Bonchev–Trinajstić information content (AvgIpc) is 2.67. The molecule has 0 spiro atoms. The van der Waals surface area contributed by atoms with Crippen molar-refractivity contribution in [1.29, 1.82) is 0 Å². The molecule has 0 saturated carbocycles. The van der Waals surface area contributed by atoms with E-state index in [-0.39, 0.29) is 5.54 Å². The Kier molecular flexibility index (Phi) is 3.94. The van der Waals surface area contributed by atoms with Crippen LogP contribution in [-0.4, -0.2) is 18.1 Å². The van der Waals surface area contributed by atoms with E-state index in [0.29, 0.717) is 6.04 Å². The molecule has 0 bridgehead atoms. The zero-order valence-electron chi connectivity index (χ0n) is 8.84. The summed E-state index contributed by atoms with van der Waals surface area (Å²) in [6, 6.07) is 0.628. The molecule has 0 aromatic heterocycles. The number of rotatable bonds is 5. The highest BCUT2D eigenvalue weighted by molar-refractivity contribution is 5.01. The van der Waals surface area contributed by atoms with Gasteiger partial charge in [-0.05, 0) is 25.7 Å². The minimum Gasteiger partial charge on any atom is -0.329 e. The summed E-state index contributed by atoms with van der Waals surface area (Å²) < 4.78 is 0. The first-order valence-corrected chi connectivity index (χ1v) is 5.39. The molecule has 1 aliphatic carbocycles. The predicted molar refractivity (Wildman–Crippen MR) is 57.7 cm³/mol. The molecule has 0 amide bonds. The first kappa shape index (κ1) is 10.7. The van der Waals surface area contributed by atoms with Gasteiger partial charge in [0.05, 0.1) is 0 Å². The number of hydrogen-bond donors (Lipinski definition) is 2. The summed E-state index contributed by atoms with van der Waals surface area (Å²) in [5, 5.41) is 3.69. The van der Waals surface area contributed by atoms with Gasteiger partial charge in [-0.3, -0.25) is 0 Å². The van der Waals surface area contributed by atoms with Gasteiger partial charge in [0.1, 0.15) is 0 Å². The lowest BCUT2D eigenvalue weighted by molar-refractivity contribution is 0.275. The molecule has 1 aliphatic rings. The lowest BCUT2D eigenvalue weighted by Gasteiger charge is -2.34. The Morgan fingerprint density at radius 3 is 2.23 bits per heavy atom. The van der Waals surface area contributed by atoms with Gasteiger partial charge in [0.25, 0.3) is 0 Å². The van der Waals surface area contributed by atoms with Crippen molar-refractivity contribution in [3.8, 4) is 0 Å². The summed E-state index contributed by atoms with van der Waals surface area (Å²) >= 11 is 0. The van der Waals surface area contributed by atoms with Crippen molar-refractivity contribution in [3.63, 3.8) is 0 Å². The maximum Gasteiger partial charge on any atom is 0.0301 e. The fourth-order valence-electron chi connectivity index (χ4n) is 1.97. The second-order valence-electron chi connectivity index (χ2n) is 3.98. The second-order valence-corrected chi connectivity index (χ2v) is 3.98. The Labute approximate surface area is 81.6 Å². The molecule has 1 rings (SSSR count). The van der Waals surface area contributed by atoms with Crippen LogP contribution in [0.1, 0.15) is 39.5 Å². The normalized spacial score (nSPS) is 18.4. The van der Waals surface area contributed by atoms with Gasteiger partial charge in [-0.2, -0.15) is 0 Å². The molecule has 0 aromatic rings. The molecule has 0 fully saturated rings. The van der Waals surface area contributed by atoms with Crippen molar-refractivity contribution in [2.45, 2.75) is 51.1 Å². The lowest BCUT2D eigenvalue weighted by Crippen LogP contribution is -2.53. The largest absolute Gasteiger partial charge is 0.329 e. The molecular weight excluding hydrogens is 160 g/mol. The number of nitrogens with two attached hydrogens (primary N) is 1. The lowest BCUT2D eigenvalue weighted by atomic mass is 9.91. The van der Waals surface area contributed by atoms with E-state index in [0.717, 1.165) is 19.4 Å². The van der Waals surface area contributed by atoms with Gasteiger partial charge in [0.2, 0.25) is 0 Å². The van der Waals surface area contributed by atoms with Crippen LogP contribution in [0.5, 0.6) is 0 Å². The minimum absolute atomic E-state index is 0.177. The van der Waals surface area contributed by atoms with Crippen molar-refractivity contribution in [3.05, 3.63) is 12.2 Å². The van der Waals surface area contributed by atoms with Gasteiger partial charge in [-0.25, -0.2) is 0 Å². The molecule has 0 heterocycles. The molecule has 0 radical (unpaired) electrons. The Hall–Kier alpha value is -0.340. The molecule has 76 valence electrons. The van der Waals surface area contributed by atoms with E-state index in [4.69, 9.17) is 5.73 Å². The Morgan fingerprint density at radius 1 is 1.31 bits per heavy atom. The van der Waals surface area contributed by atoms with Crippen LogP contribution in [0, 0.1) is 0 Å². The molecule has 0 aliphatic heterocycles. The highest BCUT2D eigenvalue weighted by atomic mass is 15.0. The zero-order valence-corrected chi connectivity index (χ0v) is 8.84. The van der Waals surface area contributed by atoms with Gasteiger partial charge in [-0.15, -0.1) is 0 Å². The van der Waals surface area contributed by atoms with Crippen LogP contribution in [0.15, 0.2) is 12.2 Å². The van der Waals surface area contributed by atoms with E-state index in [2.05, 4.69) is 31.3 Å². The van der Waals surface area contributed by atoms with Gasteiger partial charge in [0.15, 0.2) is 0 Å². The quantitative estimate of drug-likeness (QED) is 0.636. The first-order chi connectivity index (χ1) is 6.26. The van der Waals surface area contributed by atoms with Crippen LogP contribution < -0.4 is 11.1 Å². The van der Waals surface area contributed by atoms with E-state index < -0.39 is 0 Å². The van der Waals surface area contributed by atoms with Crippen LogP contribution >= 0.6 is 0 Å². The summed E-state index contributed by atoms with van der Waals surface area (Å²) in [7, 11) is 0. The highest BCUT2D eigenvalue weighted by Crippen LogP contribution is 2.19.